The van der Waals surface area contributed by atoms with Gasteiger partial charge in [0.1, 0.15) is 0 Å². The number of unbranched alkanes of at least 4 members (excludes halogenated alkanes) is 16. The molecule has 0 aliphatic rings. The van der Waals surface area contributed by atoms with Crippen molar-refractivity contribution >= 4 is 37.7 Å². The molecule has 0 aliphatic carbocycles. The smallest absolute Gasteiger partial charge is 0.0571 e. The summed E-state index contributed by atoms with van der Waals surface area (Å²) in [6.45, 7) is 5.75. The van der Waals surface area contributed by atoms with Gasteiger partial charge >= 0.3 is 0 Å². The highest BCUT2D eigenvalue weighted by atomic mass is 79.9. The van der Waals surface area contributed by atoms with Crippen LogP contribution in [-0.4, -0.2) is 4.57 Å². The van der Waals surface area contributed by atoms with Crippen molar-refractivity contribution < 1.29 is 0 Å². The number of benzene rings is 3. The van der Waals surface area contributed by atoms with Crippen LogP contribution in [0.4, 0.5) is 0 Å². The Hall–Kier alpha value is -2.06. The van der Waals surface area contributed by atoms with Crippen molar-refractivity contribution in [2.75, 3.05) is 0 Å². The summed E-state index contributed by atoms with van der Waals surface area (Å²) in [7, 11) is 0. The van der Waals surface area contributed by atoms with E-state index in [2.05, 4.69) is 101 Å². The molecule has 0 aliphatic heterocycles. The largest absolute Gasteiger partial charge is 0.340 e. The minimum atomic E-state index is 0.735. The second-order valence-corrected chi connectivity index (χ2v) is 14.4. The molecule has 0 fully saturated rings. The van der Waals surface area contributed by atoms with E-state index in [-0.39, 0.29) is 0 Å². The summed E-state index contributed by atoms with van der Waals surface area (Å²) < 4.78 is 3.84. The number of nitrogens with zero attached hydrogens (tertiary/aromatic N) is 1. The number of hydrogen-bond acceptors (Lipinski definition) is 0. The predicted molar refractivity (Wildman–Crippen MR) is 200 cm³/mol. The van der Waals surface area contributed by atoms with E-state index < -0.39 is 0 Å². The zero-order valence-electron chi connectivity index (χ0n) is 28.1. The van der Waals surface area contributed by atoms with Crippen LogP contribution in [0.1, 0.15) is 142 Å². The van der Waals surface area contributed by atoms with E-state index in [1.807, 2.05) is 0 Å². The van der Waals surface area contributed by atoms with E-state index in [1.54, 1.807) is 0 Å². The second-order valence-electron chi connectivity index (χ2n) is 13.4. The minimum absolute atomic E-state index is 0.735. The molecule has 2 heteroatoms. The van der Waals surface area contributed by atoms with Crippen LogP contribution >= 0.6 is 15.9 Å². The molecule has 0 N–H and O–H groups in total. The molecule has 3 aromatic carbocycles. The van der Waals surface area contributed by atoms with Gasteiger partial charge in [-0.15, -0.1) is 0 Å². The Labute approximate surface area is 278 Å². The molecular formula is C42H60BrN. The van der Waals surface area contributed by atoms with Crippen molar-refractivity contribution in [1.82, 2.24) is 4.57 Å². The Balaban J connectivity index is 1.46. The lowest BCUT2D eigenvalue weighted by Crippen LogP contribution is -2.12. The zero-order valence-corrected chi connectivity index (χ0v) is 29.7. The summed E-state index contributed by atoms with van der Waals surface area (Å²) in [5.74, 6) is 0.735. The molecule has 240 valence electrons. The molecule has 1 nitrogen and oxygen atoms in total. The Kier molecular flexibility index (Phi) is 15.9. The normalized spacial score (nSPS) is 12.4. The fourth-order valence-electron chi connectivity index (χ4n) is 7.26. The van der Waals surface area contributed by atoms with Crippen molar-refractivity contribution in [1.29, 1.82) is 0 Å². The van der Waals surface area contributed by atoms with Crippen LogP contribution in [-0.2, 0) is 6.54 Å². The molecule has 4 rings (SSSR count). The van der Waals surface area contributed by atoms with Gasteiger partial charge < -0.3 is 4.57 Å². The number of fused-ring (bicyclic) bond motifs is 3. The lowest BCUT2D eigenvalue weighted by atomic mass is 9.93. The summed E-state index contributed by atoms with van der Waals surface area (Å²) in [5.41, 5.74) is 5.46. The number of hydrogen-bond donors (Lipinski definition) is 0. The quantitative estimate of drug-likeness (QED) is 0.0699. The standard InChI is InChI=1S/C42H60BrN/c1-3-5-7-9-11-13-14-16-18-20-26-35(25-19-17-15-12-10-8-6-4-2)34-44-41-32-22-21-29-39(41)40-31-24-30-38(42(40)44)36-27-23-28-37(43)33-36/h21-24,27-33,35H,3-20,25-26,34H2,1-2H3. The first-order valence-corrected chi connectivity index (χ1v) is 19.3. The average Bonchev–Trinajstić information content (AvgIpc) is 3.36. The fourth-order valence-corrected chi connectivity index (χ4v) is 7.66. The highest BCUT2D eigenvalue weighted by Gasteiger charge is 2.18. The van der Waals surface area contributed by atoms with Gasteiger partial charge in [-0.25, -0.2) is 0 Å². The van der Waals surface area contributed by atoms with Gasteiger partial charge in [-0.2, -0.15) is 0 Å². The van der Waals surface area contributed by atoms with Crippen molar-refractivity contribution in [2.24, 2.45) is 5.92 Å². The summed E-state index contributed by atoms with van der Waals surface area (Å²) in [6.07, 6.45) is 28.1. The summed E-state index contributed by atoms with van der Waals surface area (Å²) in [5, 5.41) is 2.78. The van der Waals surface area contributed by atoms with Crippen LogP contribution in [0, 0.1) is 5.92 Å². The molecule has 0 spiro atoms. The van der Waals surface area contributed by atoms with Crippen LogP contribution in [0.15, 0.2) is 71.2 Å². The molecule has 0 amide bonds. The molecule has 1 unspecified atom stereocenters. The molecule has 1 atom stereocenters. The molecule has 0 saturated heterocycles. The Morgan fingerprint density at radius 2 is 1.07 bits per heavy atom. The van der Waals surface area contributed by atoms with Gasteiger partial charge in [0, 0.05) is 32.9 Å². The number of aromatic nitrogens is 1. The molecule has 4 aromatic rings. The van der Waals surface area contributed by atoms with E-state index in [1.165, 1.54) is 161 Å². The average molecular weight is 659 g/mol. The SMILES string of the molecule is CCCCCCCCCCCCC(CCCCCCCCCC)Cn1c2ccccc2c2cccc(-c3cccc(Br)c3)c21. The summed E-state index contributed by atoms with van der Waals surface area (Å²) >= 11 is 3.73. The van der Waals surface area contributed by atoms with E-state index in [0.29, 0.717) is 0 Å². The molecule has 0 bridgehead atoms. The Bertz CT molecular complexity index is 1350. The first-order chi connectivity index (χ1) is 21.7. The van der Waals surface area contributed by atoms with E-state index in [0.717, 1.165) is 16.9 Å². The van der Waals surface area contributed by atoms with Crippen LogP contribution in [0.5, 0.6) is 0 Å². The lowest BCUT2D eigenvalue weighted by Gasteiger charge is -2.21. The van der Waals surface area contributed by atoms with Crippen molar-refractivity contribution in [3.63, 3.8) is 0 Å². The van der Waals surface area contributed by atoms with Crippen molar-refractivity contribution in [3.8, 4) is 11.1 Å². The maximum Gasteiger partial charge on any atom is 0.0571 e. The monoisotopic (exact) mass is 657 g/mol. The van der Waals surface area contributed by atoms with E-state index in [9.17, 15) is 0 Å². The van der Waals surface area contributed by atoms with Crippen molar-refractivity contribution in [3.05, 3.63) is 71.2 Å². The Morgan fingerprint density at radius 3 is 1.66 bits per heavy atom. The number of para-hydroxylation sites is 2. The third-order valence-corrected chi connectivity index (χ3v) is 10.3. The first-order valence-electron chi connectivity index (χ1n) is 18.5. The maximum absolute atomic E-state index is 3.73. The number of halogens is 1. The summed E-state index contributed by atoms with van der Waals surface area (Å²) in [6, 6.07) is 24.9. The van der Waals surface area contributed by atoms with E-state index in [4.69, 9.17) is 0 Å². The first kappa shape index (κ1) is 34.8. The Morgan fingerprint density at radius 1 is 0.545 bits per heavy atom. The minimum Gasteiger partial charge on any atom is -0.340 e. The highest BCUT2D eigenvalue weighted by Crippen LogP contribution is 2.38. The molecule has 0 radical (unpaired) electrons. The number of rotatable bonds is 23. The highest BCUT2D eigenvalue weighted by molar-refractivity contribution is 9.10. The van der Waals surface area contributed by atoms with E-state index >= 15 is 0 Å². The molecular weight excluding hydrogens is 598 g/mol. The van der Waals surface area contributed by atoms with Crippen LogP contribution < -0.4 is 0 Å². The van der Waals surface area contributed by atoms with Gasteiger partial charge in [-0.3, -0.25) is 0 Å². The van der Waals surface area contributed by atoms with Crippen LogP contribution in [0.2, 0.25) is 0 Å². The molecule has 1 aromatic heterocycles. The molecule has 0 saturated carbocycles. The predicted octanol–water partition coefficient (Wildman–Crippen LogP) is 14.7. The fraction of sp³-hybridized carbons (Fsp3) is 0.571. The van der Waals surface area contributed by atoms with Gasteiger partial charge in [0.05, 0.1) is 5.52 Å². The molecule has 1 heterocycles. The zero-order chi connectivity index (χ0) is 30.8. The topological polar surface area (TPSA) is 4.93 Å². The summed E-state index contributed by atoms with van der Waals surface area (Å²) in [4.78, 5) is 0. The van der Waals surface area contributed by atoms with Gasteiger partial charge in [0.15, 0.2) is 0 Å². The lowest BCUT2D eigenvalue weighted by molar-refractivity contribution is 0.364. The third-order valence-electron chi connectivity index (χ3n) is 9.80. The van der Waals surface area contributed by atoms with Crippen LogP contribution in [0.25, 0.3) is 32.9 Å². The van der Waals surface area contributed by atoms with Gasteiger partial charge in [0.25, 0.3) is 0 Å². The van der Waals surface area contributed by atoms with Gasteiger partial charge in [-0.05, 0) is 42.5 Å². The maximum atomic E-state index is 3.73. The van der Waals surface area contributed by atoms with Gasteiger partial charge in [-0.1, -0.05) is 194 Å². The van der Waals surface area contributed by atoms with Crippen molar-refractivity contribution in [2.45, 2.75) is 149 Å². The molecule has 44 heavy (non-hydrogen) atoms. The second kappa shape index (κ2) is 20.1. The van der Waals surface area contributed by atoms with Gasteiger partial charge in [0.2, 0.25) is 0 Å². The third kappa shape index (κ3) is 10.8. The van der Waals surface area contributed by atoms with Crippen LogP contribution in [0.3, 0.4) is 0 Å².